The van der Waals surface area contributed by atoms with E-state index >= 15 is 0 Å². The van der Waals surface area contributed by atoms with E-state index < -0.39 is 6.10 Å². The molecule has 0 radical (unpaired) electrons. The number of rotatable bonds is 3. The lowest BCUT2D eigenvalue weighted by molar-refractivity contribution is 0.0825. The van der Waals surface area contributed by atoms with Crippen LogP contribution >= 0.6 is 0 Å². The highest BCUT2D eigenvalue weighted by Crippen LogP contribution is 2.31. The second kappa shape index (κ2) is 6.16. The zero-order chi connectivity index (χ0) is 15.5. The number of piperidine rings is 1. The molecule has 0 spiro atoms. The molecule has 1 fully saturated rings. The predicted octanol–water partition coefficient (Wildman–Crippen LogP) is 1.64. The van der Waals surface area contributed by atoms with Crippen molar-refractivity contribution < 1.29 is 5.11 Å². The van der Waals surface area contributed by atoms with Crippen molar-refractivity contribution in [3.63, 3.8) is 0 Å². The Morgan fingerprint density at radius 1 is 1.32 bits per heavy atom. The van der Waals surface area contributed by atoms with Gasteiger partial charge in [-0.1, -0.05) is 0 Å². The summed E-state index contributed by atoms with van der Waals surface area (Å²) in [6.07, 6.45) is 6.63. The van der Waals surface area contributed by atoms with Crippen molar-refractivity contribution in [1.82, 2.24) is 14.5 Å². The van der Waals surface area contributed by atoms with E-state index in [1.807, 2.05) is 29.9 Å². The molecule has 6 nitrogen and oxygen atoms in total. The summed E-state index contributed by atoms with van der Waals surface area (Å²) in [5.74, 6) is 0.960. The van der Waals surface area contributed by atoms with Crippen LogP contribution in [0.2, 0.25) is 0 Å². The van der Waals surface area contributed by atoms with E-state index in [-0.39, 0.29) is 5.92 Å². The van der Waals surface area contributed by atoms with Crippen molar-refractivity contribution >= 4 is 5.69 Å². The number of hydrogen-bond donors (Lipinski definition) is 1. The van der Waals surface area contributed by atoms with Crippen molar-refractivity contribution in [3.8, 4) is 6.07 Å². The molecule has 0 bridgehead atoms. The molecule has 1 atom stereocenters. The minimum atomic E-state index is -0.513. The second-order valence-electron chi connectivity index (χ2n) is 5.68. The number of aryl methyl sites for hydroxylation is 1. The highest BCUT2D eigenvalue weighted by atomic mass is 16.3. The lowest BCUT2D eigenvalue weighted by Crippen LogP contribution is -2.36. The van der Waals surface area contributed by atoms with Crippen LogP contribution in [0.3, 0.4) is 0 Å². The van der Waals surface area contributed by atoms with Crippen LogP contribution in [0, 0.1) is 17.2 Å². The van der Waals surface area contributed by atoms with Crippen LogP contribution in [0.4, 0.5) is 5.69 Å². The van der Waals surface area contributed by atoms with Crippen molar-refractivity contribution in [2.45, 2.75) is 18.9 Å². The van der Waals surface area contributed by atoms with Crippen molar-refractivity contribution in [2.24, 2.45) is 13.0 Å². The number of pyridine rings is 1. The third kappa shape index (κ3) is 2.81. The summed E-state index contributed by atoms with van der Waals surface area (Å²) in [5, 5.41) is 19.3. The van der Waals surface area contributed by atoms with E-state index in [1.165, 1.54) is 0 Å². The van der Waals surface area contributed by atoms with Gasteiger partial charge in [0, 0.05) is 32.5 Å². The summed E-state index contributed by atoms with van der Waals surface area (Å²) in [7, 11) is 1.91. The molecule has 0 aromatic carbocycles. The van der Waals surface area contributed by atoms with Gasteiger partial charge in [0.25, 0.3) is 0 Å². The fourth-order valence-electron chi connectivity index (χ4n) is 2.99. The second-order valence-corrected chi connectivity index (χ2v) is 5.68. The standard InChI is InChI=1S/C16H19N5O/c1-20-9-6-18-16(20)15(22)12-4-7-21(8-5-12)14-3-2-13(10-17)19-11-14/h2-3,6,9,11-12,15,22H,4-5,7-8H2,1H3. The summed E-state index contributed by atoms with van der Waals surface area (Å²) in [6.45, 7) is 1.75. The van der Waals surface area contributed by atoms with Gasteiger partial charge in [0.05, 0.1) is 11.9 Å². The fraction of sp³-hybridized carbons (Fsp3) is 0.438. The molecule has 1 N–H and O–H groups in total. The van der Waals surface area contributed by atoms with Gasteiger partial charge in [0.15, 0.2) is 0 Å². The number of aliphatic hydroxyl groups excluding tert-OH is 1. The smallest absolute Gasteiger partial charge is 0.140 e. The van der Waals surface area contributed by atoms with Gasteiger partial charge >= 0.3 is 0 Å². The lowest BCUT2D eigenvalue weighted by atomic mass is 9.90. The Morgan fingerprint density at radius 3 is 2.64 bits per heavy atom. The maximum atomic E-state index is 10.5. The molecular weight excluding hydrogens is 278 g/mol. The van der Waals surface area contributed by atoms with Crippen molar-refractivity contribution in [3.05, 3.63) is 42.2 Å². The highest BCUT2D eigenvalue weighted by Gasteiger charge is 2.28. The molecule has 114 valence electrons. The minimum absolute atomic E-state index is 0.226. The molecule has 2 aromatic rings. The van der Waals surface area contributed by atoms with Gasteiger partial charge in [-0.3, -0.25) is 0 Å². The van der Waals surface area contributed by atoms with Crippen LogP contribution in [-0.2, 0) is 7.05 Å². The van der Waals surface area contributed by atoms with Crippen molar-refractivity contribution in [2.75, 3.05) is 18.0 Å². The molecule has 1 saturated heterocycles. The van der Waals surface area contributed by atoms with Gasteiger partial charge in [-0.2, -0.15) is 5.26 Å². The third-order valence-electron chi connectivity index (χ3n) is 4.34. The van der Waals surface area contributed by atoms with E-state index in [4.69, 9.17) is 5.26 Å². The number of anilines is 1. The monoisotopic (exact) mass is 297 g/mol. The Balaban J connectivity index is 1.62. The van der Waals surface area contributed by atoms with Gasteiger partial charge in [-0.25, -0.2) is 9.97 Å². The average Bonchev–Trinajstić information content (AvgIpc) is 3.00. The van der Waals surface area contributed by atoms with Crippen LogP contribution in [0.15, 0.2) is 30.7 Å². The highest BCUT2D eigenvalue weighted by molar-refractivity contribution is 5.46. The topological polar surface area (TPSA) is 78.0 Å². The molecular formula is C16H19N5O. The fourth-order valence-corrected chi connectivity index (χ4v) is 2.99. The molecule has 1 unspecified atom stereocenters. The van der Waals surface area contributed by atoms with E-state index in [0.29, 0.717) is 5.69 Å². The number of aromatic nitrogens is 3. The zero-order valence-electron chi connectivity index (χ0n) is 12.6. The molecule has 0 saturated carbocycles. The molecule has 3 heterocycles. The van der Waals surface area contributed by atoms with E-state index in [9.17, 15) is 5.11 Å². The largest absolute Gasteiger partial charge is 0.385 e. The maximum Gasteiger partial charge on any atom is 0.140 e. The van der Waals surface area contributed by atoms with Gasteiger partial charge in [0.1, 0.15) is 23.7 Å². The Hall–Kier alpha value is -2.39. The van der Waals surface area contributed by atoms with Gasteiger partial charge in [-0.15, -0.1) is 0 Å². The summed E-state index contributed by atoms with van der Waals surface area (Å²) in [6, 6.07) is 5.70. The summed E-state index contributed by atoms with van der Waals surface area (Å²) in [4.78, 5) is 10.6. The number of imidazole rings is 1. The first-order valence-electron chi connectivity index (χ1n) is 7.45. The number of hydrogen-bond acceptors (Lipinski definition) is 5. The van der Waals surface area contributed by atoms with Crippen LogP contribution in [0.25, 0.3) is 0 Å². The molecule has 0 aliphatic carbocycles. The van der Waals surface area contributed by atoms with E-state index in [2.05, 4.69) is 14.9 Å². The average molecular weight is 297 g/mol. The third-order valence-corrected chi connectivity index (χ3v) is 4.34. The quantitative estimate of drug-likeness (QED) is 0.931. The predicted molar refractivity (Wildman–Crippen MR) is 82.1 cm³/mol. The van der Waals surface area contributed by atoms with Crippen LogP contribution in [0.1, 0.15) is 30.5 Å². The number of nitrogens with zero attached hydrogens (tertiary/aromatic N) is 5. The molecule has 2 aromatic heterocycles. The summed E-state index contributed by atoms with van der Waals surface area (Å²) >= 11 is 0. The first-order valence-corrected chi connectivity index (χ1v) is 7.45. The van der Waals surface area contributed by atoms with E-state index in [0.717, 1.165) is 37.4 Å². The zero-order valence-corrected chi connectivity index (χ0v) is 12.6. The van der Waals surface area contributed by atoms with Gasteiger partial charge in [-0.05, 0) is 30.9 Å². The maximum absolute atomic E-state index is 10.5. The number of aliphatic hydroxyl groups is 1. The van der Waals surface area contributed by atoms with Crippen molar-refractivity contribution in [1.29, 1.82) is 5.26 Å². The Labute approximate surface area is 129 Å². The Kier molecular flexibility index (Phi) is 4.07. The molecule has 22 heavy (non-hydrogen) atoms. The first kappa shape index (κ1) is 14.5. The van der Waals surface area contributed by atoms with E-state index in [1.54, 1.807) is 18.5 Å². The van der Waals surface area contributed by atoms with Crippen LogP contribution < -0.4 is 4.90 Å². The lowest BCUT2D eigenvalue weighted by Gasteiger charge is -2.35. The molecule has 6 heteroatoms. The molecule has 3 rings (SSSR count). The Bertz CT molecular complexity index is 665. The van der Waals surface area contributed by atoms with Gasteiger partial charge < -0.3 is 14.6 Å². The normalized spacial score (nSPS) is 17.2. The Morgan fingerprint density at radius 2 is 2.09 bits per heavy atom. The SMILES string of the molecule is Cn1ccnc1C(O)C1CCN(c2ccc(C#N)nc2)CC1. The minimum Gasteiger partial charge on any atom is -0.385 e. The number of nitriles is 1. The summed E-state index contributed by atoms with van der Waals surface area (Å²) in [5.41, 5.74) is 1.47. The van der Waals surface area contributed by atoms with Gasteiger partial charge in [0.2, 0.25) is 0 Å². The molecule has 0 amide bonds. The molecule has 1 aliphatic heterocycles. The summed E-state index contributed by atoms with van der Waals surface area (Å²) < 4.78 is 1.88. The van der Waals surface area contributed by atoms with Crippen LogP contribution in [0.5, 0.6) is 0 Å². The van der Waals surface area contributed by atoms with Crippen LogP contribution in [-0.4, -0.2) is 32.7 Å². The molecule has 1 aliphatic rings. The first-order chi connectivity index (χ1) is 10.7.